The molecule has 0 aliphatic rings. The molecule has 3 nitrogen and oxygen atoms in total. The summed E-state index contributed by atoms with van der Waals surface area (Å²) in [7, 11) is 0. The van der Waals surface area contributed by atoms with E-state index in [-0.39, 0.29) is 0 Å². The van der Waals surface area contributed by atoms with E-state index in [1.54, 1.807) is 0 Å². The molecule has 0 radical (unpaired) electrons. The Morgan fingerprint density at radius 1 is 1.38 bits per heavy atom. The SMILES string of the molecule is CCN(CCN)CCCc1cccc(Br)n1. The molecule has 0 saturated heterocycles. The number of rotatable bonds is 7. The van der Waals surface area contributed by atoms with E-state index in [2.05, 4.69) is 38.8 Å². The number of aromatic nitrogens is 1. The lowest BCUT2D eigenvalue weighted by molar-refractivity contribution is 0.292. The monoisotopic (exact) mass is 285 g/mol. The van der Waals surface area contributed by atoms with Crippen LogP contribution in [-0.2, 0) is 6.42 Å². The number of halogens is 1. The zero-order chi connectivity index (χ0) is 11.8. The van der Waals surface area contributed by atoms with Crippen LogP contribution in [0.15, 0.2) is 22.8 Å². The Bertz CT molecular complexity index is 304. The first-order valence-electron chi connectivity index (χ1n) is 5.80. The highest BCUT2D eigenvalue weighted by Gasteiger charge is 2.01. The number of nitrogens with two attached hydrogens (primary N) is 1. The van der Waals surface area contributed by atoms with Gasteiger partial charge in [0.15, 0.2) is 0 Å². The molecule has 0 spiro atoms. The zero-order valence-corrected chi connectivity index (χ0v) is 11.4. The largest absolute Gasteiger partial charge is 0.329 e. The molecule has 1 rings (SSSR count). The van der Waals surface area contributed by atoms with Gasteiger partial charge >= 0.3 is 0 Å². The number of hydrogen-bond donors (Lipinski definition) is 1. The van der Waals surface area contributed by atoms with E-state index in [0.717, 1.165) is 49.3 Å². The highest BCUT2D eigenvalue weighted by molar-refractivity contribution is 9.10. The lowest BCUT2D eigenvalue weighted by Gasteiger charge is -2.18. The van der Waals surface area contributed by atoms with Crippen LogP contribution in [0, 0.1) is 0 Å². The van der Waals surface area contributed by atoms with Crippen LogP contribution in [0.5, 0.6) is 0 Å². The Morgan fingerprint density at radius 3 is 2.81 bits per heavy atom. The molecule has 0 fully saturated rings. The van der Waals surface area contributed by atoms with Gasteiger partial charge in [-0.3, -0.25) is 0 Å². The third-order valence-electron chi connectivity index (χ3n) is 2.57. The van der Waals surface area contributed by atoms with E-state index in [4.69, 9.17) is 5.73 Å². The molecule has 16 heavy (non-hydrogen) atoms. The van der Waals surface area contributed by atoms with Crippen molar-refractivity contribution in [1.29, 1.82) is 0 Å². The maximum atomic E-state index is 5.55. The van der Waals surface area contributed by atoms with Crippen molar-refractivity contribution in [3.05, 3.63) is 28.5 Å². The minimum atomic E-state index is 0.739. The summed E-state index contributed by atoms with van der Waals surface area (Å²) < 4.78 is 0.916. The molecule has 0 aliphatic carbocycles. The third-order valence-corrected chi connectivity index (χ3v) is 3.01. The van der Waals surface area contributed by atoms with E-state index in [1.165, 1.54) is 0 Å². The first-order valence-corrected chi connectivity index (χ1v) is 6.59. The standard InChI is InChI=1S/C12H20BrN3/c1-2-16(10-8-14)9-4-6-11-5-3-7-12(13)15-11/h3,5,7H,2,4,6,8-10,14H2,1H3. The first-order chi connectivity index (χ1) is 7.76. The van der Waals surface area contributed by atoms with Crippen LogP contribution in [0.1, 0.15) is 19.0 Å². The molecule has 0 bridgehead atoms. The second-order valence-electron chi connectivity index (χ2n) is 3.78. The van der Waals surface area contributed by atoms with Crippen LogP contribution in [0.2, 0.25) is 0 Å². The van der Waals surface area contributed by atoms with Gasteiger partial charge < -0.3 is 10.6 Å². The van der Waals surface area contributed by atoms with Gasteiger partial charge in [0.05, 0.1) is 0 Å². The summed E-state index contributed by atoms with van der Waals surface area (Å²) in [6.45, 7) is 6.07. The lowest BCUT2D eigenvalue weighted by atomic mass is 10.2. The van der Waals surface area contributed by atoms with Gasteiger partial charge in [-0.2, -0.15) is 0 Å². The second-order valence-corrected chi connectivity index (χ2v) is 4.59. The van der Waals surface area contributed by atoms with E-state index in [1.807, 2.05) is 12.1 Å². The van der Waals surface area contributed by atoms with Gasteiger partial charge in [0.25, 0.3) is 0 Å². The summed E-state index contributed by atoms with van der Waals surface area (Å²) >= 11 is 3.38. The fourth-order valence-electron chi connectivity index (χ4n) is 1.68. The van der Waals surface area contributed by atoms with Crippen molar-refractivity contribution in [3.63, 3.8) is 0 Å². The van der Waals surface area contributed by atoms with Gasteiger partial charge in [-0.15, -0.1) is 0 Å². The molecule has 0 unspecified atom stereocenters. The molecular weight excluding hydrogens is 266 g/mol. The van der Waals surface area contributed by atoms with E-state index >= 15 is 0 Å². The predicted octanol–water partition coefficient (Wildman–Crippen LogP) is 2.06. The fourth-order valence-corrected chi connectivity index (χ4v) is 2.06. The van der Waals surface area contributed by atoms with E-state index < -0.39 is 0 Å². The Kier molecular flexibility index (Phi) is 6.61. The van der Waals surface area contributed by atoms with Gasteiger partial charge in [0.1, 0.15) is 4.60 Å². The van der Waals surface area contributed by atoms with Gasteiger partial charge in [0, 0.05) is 18.8 Å². The highest BCUT2D eigenvalue weighted by Crippen LogP contribution is 2.08. The molecule has 0 aliphatic heterocycles. The molecule has 1 aromatic rings. The Labute approximate surface area is 106 Å². The molecule has 0 aromatic carbocycles. The number of nitrogens with zero attached hydrogens (tertiary/aromatic N) is 2. The van der Waals surface area contributed by atoms with Gasteiger partial charge in [-0.05, 0) is 54.0 Å². The number of pyridine rings is 1. The van der Waals surface area contributed by atoms with Gasteiger partial charge in [0.2, 0.25) is 0 Å². The van der Waals surface area contributed by atoms with Crippen LogP contribution in [0.4, 0.5) is 0 Å². The summed E-state index contributed by atoms with van der Waals surface area (Å²) in [6.07, 6.45) is 2.16. The topological polar surface area (TPSA) is 42.1 Å². The van der Waals surface area contributed by atoms with Crippen LogP contribution in [0.25, 0.3) is 0 Å². The maximum absolute atomic E-state index is 5.55. The van der Waals surface area contributed by atoms with E-state index in [0.29, 0.717) is 0 Å². The Balaban J connectivity index is 2.29. The van der Waals surface area contributed by atoms with Crippen LogP contribution >= 0.6 is 15.9 Å². The predicted molar refractivity (Wildman–Crippen MR) is 71.4 cm³/mol. The normalized spacial score (nSPS) is 11.0. The fraction of sp³-hybridized carbons (Fsp3) is 0.583. The second kappa shape index (κ2) is 7.76. The van der Waals surface area contributed by atoms with Crippen molar-refractivity contribution in [1.82, 2.24) is 9.88 Å². The van der Waals surface area contributed by atoms with Gasteiger partial charge in [-0.25, -0.2) is 4.98 Å². The quantitative estimate of drug-likeness (QED) is 0.780. The van der Waals surface area contributed by atoms with Crippen molar-refractivity contribution in [2.75, 3.05) is 26.2 Å². The number of aryl methyl sites for hydroxylation is 1. The Hall–Kier alpha value is -0.450. The smallest absolute Gasteiger partial charge is 0.106 e. The molecule has 90 valence electrons. The van der Waals surface area contributed by atoms with Crippen molar-refractivity contribution in [3.8, 4) is 0 Å². The molecule has 0 atom stereocenters. The number of hydrogen-bond acceptors (Lipinski definition) is 3. The summed E-state index contributed by atoms with van der Waals surface area (Å²) in [4.78, 5) is 6.79. The summed E-state index contributed by atoms with van der Waals surface area (Å²) in [5.74, 6) is 0. The summed E-state index contributed by atoms with van der Waals surface area (Å²) in [6, 6.07) is 6.06. The molecule has 2 N–H and O–H groups in total. The minimum Gasteiger partial charge on any atom is -0.329 e. The molecular formula is C12H20BrN3. The molecule has 4 heteroatoms. The van der Waals surface area contributed by atoms with Gasteiger partial charge in [-0.1, -0.05) is 13.0 Å². The molecule has 1 heterocycles. The molecule has 0 amide bonds. The lowest BCUT2D eigenvalue weighted by Crippen LogP contribution is -2.30. The van der Waals surface area contributed by atoms with E-state index in [9.17, 15) is 0 Å². The summed E-state index contributed by atoms with van der Waals surface area (Å²) in [5.41, 5.74) is 6.70. The Morgan fingerprint density at radius 2 is 2.19 bits per heavy atom. The average Bonchev–Trinajstić information content (AvgIpc) is 2.28. The van der Waals surface area contributed by atoms with Crippen molar-refractivity contribution in [2.24, 2.45) is 5.73 Å². The molecule has 1 aromatic heterocycles. The van der Waals surface area contributed by atoms with Crippen molar-refractivity contribution >= 4 is 15.9 Å². The van der Waals surface area contributed by atoms with Crippen LogP contribution < -0.4 is 5.73 Å². The van der Waals surface area contributed by atoms with Crippen LogP contribution in [0.3, 0.4) is 0 Å². The van der Waals surface area contributed by atoms with Crippen molar-refractivity contribution in [2.45, 2.75) is 19.8 Å². The molecule has 0 saturated carbocycles. The van der Waals surface area contributed by atoms with Crippen LogP contribution in [-0.4, -0.2) is 36.1 Å². The first kappa shape index (κ1) is 13.6. The van der Waals surface area contributed by atoms with Crippen molar-refractivity contribution < 1.29 is 0 Å². The third kappa shape index (κ3) is 5.05. The highest BCUT2D eigenvalue weighted by atomic mass is 79.9. The minimum absolute atomic E-state index is 0.739. The summed E-state index contributed by atoms with van der Waals surface area (Å²) in [5, 5.41) is 0. The number of likely N-dealkylation sites (N-methyl/N-ethyl adjacent to an activating group) is 1. The zero-order valence-electron chi connectivity index (χ0n) is 9.82. The maximum Gasteiger partial charge on any atom is 0.106 e. The average molecular weight is 286 g/mol.